The Bertz CT molecular complexity index is 488. The van der Waals surface area contributed by atoms with Gasteiger partial charge in [-0.05, 0) is 99.7 Å². The second-order valence-corrected chi connectivity index (χ2v) is 9.67. The second kappa shape index (κ2) is 5.47. The maximum Gasteiger partial charge on any atom is 0.0622 e. The van der Waals surface area contributed by atoms with Crippen molar-refractivity contribution in [1.29, 1.82) is 0 Å². The van der Waals surface area contributed by atoms with Crippen LogP contribution in [0.5, 0.6) is 0 Å². The fraction of sp³-hybridized carbons (Fsp3) is 0.950. The zero-order valence-electron chi connectivity index (χ0n) is 14.7. The summed E-state index contributed by atoms with van der Waals surface area (Å²) in [6, 6.07) is 0. The Morgan fingerprint density at radius 3 is 2.48 bits per heavy atom. The van der Waals surface area contributed by atoms with Crippen molar-refractivity contribution in [2.45, 2.75) is 77.2 Å². The number of fused-ring (bicyclic) bond motifs is 5. The van der Waals surface area contributed by atoms with E-state index in [9.17, 15) is 5.11 Å². The van der Waals surface area contributed by atoms with Crippen LogP contribution in [0.1, 0.15) is 71.6 Å². The molecule has 3 heteroatoms. The molecule has 23 heavy (non-hydrogen) atoms. The van der Waals surface area contributed by atoms with E-state index in [0.29, 0.717) is 11.3 Å². The van der Waals surface area contributed by atoms with E-state index in [0.717, 1.165) is 42.4 Å². The van der Waals surface area contributed by atoms with Crippen LogP contribution in [0.4, 0.5) is 0 Å². The lowest BCUT2D eigenvalue weighted by molar-refractivity contribution is -0.0963. The largest absolute Gasteiger partial charge is 0.411 e. The molecule has 0 amide bonds. The lowest BCUT2D eigenvalue weighted by Gasteiger charge is -2.56. The van der Waals surface area contributed by atoms with Crippen LogP contribution in [0.25, 0.3) is 0 Å². The van der Waals surface area contributed by atoms with Crippen molar-refractivity contribution in [3.8, 4) is 0 Å². The average molecular weight is 319 g/mol. The first-order valence-corrected chi connectivity index (χ1v) is 9.84. The highest BCUT2D eigenvalue weighted by Gasteiger charge is 2.57. The molecule has 4 aliphatic rings. The Balaban J connectivity index is 1.54. The lowest BCUT2D eigenvalue weighted by Crippen LogP contribution is -2.50. The maximum atomic E-state index is 10.5. The first kappa shape index (κ1) is 15.9. The molecule has 1 unspecified atom stereocenters. The fourth-order valence-corrected chi connectivity index (χ4v) is 7.45. The van der Waals surface area contributed by atoms with Gasteiger partial charge in [-0.1, -0.05) is 6.92 Å². The number of hydrogen-bond donors (Lipinski definition) is 2. The number of hydrogen-bond acceptors (Lipinski definition) is 3. The third kappa shape index (κ3) is 2.45. The molecule has 130 valence electrons. The zero-order valence-corrected chi connectivity index (χ0v) is 14.7. The Morgan fingerprint density at radius 2 is 1.70 bits per heavy atom. The van der Waals surface area contributed by atoms with E-state index in [1.54, 1.807) is 0 Å². The van der Waals surface area contributed by atoms with E-state index in [4.69, 9.17) is 5.21 Å². The van der Waals surface area contributed by atoms with Gasteiger partial charge in [-0.25, -0.2) is 0 Å². The summed E-state index contributed by atoms with van der Waals surface area (Å²) >= 11 is 0. The van der Waals surface area contributed by atoms with Crippen LogP contribution in [0.2, 0.25) is 0 Å². The molecule has 4 aliphatic carbocycles. The highest BCUT2D eigenvalue weighted by molar-refractivity contribution is 5.62. The third-order valence-electron chi connectivity index (χ3n) is 8.56. The minimum absolute atomic E-state index is 0.362. The number of aliphatic hydroxyl groups is 1. The standard InChI is InChI=1S/C20H33NO2/c1-19(22)9-7-15-13(11-19)3-5-17-16(15)8-10-20(2)14(12-21-23)4-6-18(17)20/h12-18,22-23H,3-11H2,1-2H3/b21-12+/t13-,14+,15?,16+,17+,18-,19+,20+/m0/s1. The van der Waals surface area contributed by atoms with E-state index in [-0.39, 0.29) is 0 Å². The van der Waals surface area contributed by atoms with Gasteiger partial charge in [-0.3, -0.25) is 0 Å². The van der Waals surface area contributed by atoms with E-state index >= 15 is 0 Å². The average Bonchev–Trinajstić information content (AvgIpc) is 2.83. The number of oxime groups is 1. The smallest absolute Gasteiger partial charge is 0.0622 e. The summed E-state index contributed by atoms with van der Waals surface area (Å²) in [6.45, 7) is 4.51. The Morgan fingerprint density at radius 1 is 0.913 bits per heavy atom. The number of nitrogens with zero attached hydrogens (tertiary/aromatic N) is 1. The molecule has 8 atom stereocenters. The van der Waals surface area contributed by atoms with Crippen LogP contribution >= 0.6 is 0 Å². The van der Waals surface area contributed by atoms with Gasteiger partial charge in [0.1, 0.15) is 0 Å². The molecule has 0 saturated heterocycles. The lowest BCUT2D eigenvalue weighted by atomic mass is 9.49. The summed E-state index contributed by atoms with van der Waals surface area (Å²) < 4.78 is 0. The molecule has 0 aromatic carbocycles. The van der Waals surface area contributed by atoms with Gasteiger partial charge in [-0.2, -0.15) is 0 Å². The highest BCUT2D eigenvalue weighted by atomic mass is 16.4. The maximum absolute atomic E-state index is 10.5. The summed E-state index contributed by atoms with van der Waals surface area (Å²) in [4.78, 5) is 0. The molecular weight excluding hydrogens is 286 g/mol. The minimum atomic E-state index is -0.409. The van der Waals surface area contributed by atoms with E-state index in [1.807, 2.05) is 13.1 Å². The van der Waals surface area contributed by atoms with Gasteiger partial charge in [0.05, 0.1) is 5.60 Å². The van der Waals surface area contributed by atoms with Crippen LogP contribution in [0.3, 0.4) is 0 Å². The van der Waals surface area contributed by atoms with E-state index in [2.05, 4.69) is 12.1 Å². The summed E-state index contributed by atoms with van der Waals surface area (Å²) in [5.41, 5.74) is -0.0480. The summed E-state index contributed by atoms with van der Waals surface area (Å²) in [5, 5.41) is 22.9. The van der Waals surface area contributed by atoms with Crippen molar-refractivity contribution < 1.29 is 10.3 Å². The molecule has 0 spiro atoms. The predicted molar refractivity (Wildman–Crippen MR) is 91.5 cm³/mol. The van der Waals surface area contributed by atoms with E-state index < -0.39 is 5.60 Å². The van der Waals surface area contributed by atoms with Gasteiger partial charge in [-0.15, -0.1) is 5.16 Å². The quantitative estimate of drug-likeness (QED) is 0.426. The predicted octanol–water partition coefficient (Wildman–Crippen LogP) is 4.47. The summed E-state index contributed by atoms with van der Waals surface area (Å²) in [7, 11) is 0. The first-order valence-electron chi connectivity index (χ1n) is 9.84. The molecule has 0 aromatic heterocycles. The third-order valence-corrected chi connectivity index (χ3v) is 8.56. The van der Waals surface area contributed by atoms with Gasteiger partial charge in [0.25, 0.3) is 0 Å². The van der Waals surface area contributed by atoms with Crippen LogP contribution in [-0.2, 0) is 0 Å². The van der Waals surface area contributed by atoms with Crippen LogP contribution in [0.15, 0.2) is 5.16 Å². The van der Waals surface area contributed by atoms with Crippen LogP contribution in [-0.4, -0.2) is 22.1 Å². The Hall–Kier alpha value is -0.570. The van der Waals surface area contributed by atoms with Gasteiger partial charge < -0.3 is 10.3 Å². The second-order valence-electron chi connectivity index (χ2n) is 9.67. The first-order chi connectivity index (χ1) is 10.9. The van der Waals surface area contributed by atoms with Crippen molar-refractivity contribution in [2.24, 2.45) is 46.1 Å². The Kier molecular flexibility index (Phi) is 3.79. The molecule has 4 rings (SSSR count). The van der Waals surface area contributed by atoms with Gasteiger partial charge in [0.2, 0.25) is 0 Å². The molecule has 4 saturated carbocycles. The highest BCUT2D eigenvalue weighted by Crippen LogP contribution is 2.64. The monoisotopic (exact) mass is 319 g/mol. The Labute approximate surface area is 140 Å². The van der Waals surface area contributed by atoms with Crippen molar-refractivity contribution >= 4 is 6.21 Å². The minimum Gasteiger partial charge on any atom is -0.411 e. The molecule has 3 nitrogen and oxygen atoms in total. The summed E-state index contributed by atoms with van der Waals surface area (Å²) in [5.74, 6) is 4.71. The van der Waals surface area contributed by atoms with Gasteiger partial charge in [0.15, 0.2) is 0 Å². The molecule has 0 bridgehead atoms. The molecule has 0 aliphatic heterocycles. The zero-order chi connectivity index (χ0) is 16.2. The van der Waals surface area contributed by atoms with Gasteiger partial charge >= 0.3 is 0 Å². The molecule has 0 radical (unpaired) electrons. The van der Waals surface area contributed by atoms with Crippen molar-refractivity contribution in [2.75, 3.05) is 0 Å². The SMILES string of the molecule is C[C@@]1(O)CCC2[C@@H](CC[C@@H]3[C@@H]2CC[C@]2(C)[C@@H](/C=N/O)CC[C@@H]32)C1. The summed E-state index contributed by atoms with van der Waals surface area (Å²) in [6.07, 6.45) is 13.0. The molecule has 0 heterocycles. The van der Waals surface area contributed by atoms with Crippen molar-refractivity contribution in [3.05, 3.63) is 0 Å². The van der Waals surface area contributed by atoms with Gasteiger partial charge in [0, 0.05) is 12.1 Å². The molecule has 0 aromatic rings. The van der Waals surface area contributed by atoms with E-state index in [1.165, 1.54) is 44.9 Å². The molecule has 2 N–H and O–H groups in total. The molecular formula is C20H33NO2. The normalized spacial score (nSPS) is 56.1. The topological polar surface area (TPSA) is 52.8 Å². The van der Waals surface area contributed by atoms with Crippen molar-refractivity contribution in [3.63, 3.8) is 0 Å². The fourth-order valence-electron chi connectivity index (χ4n) is 7.45. The van der Waals surface area contributed by atoms with Crippen molar-refractivity contribution in [1.82, 2.24) is 0 Å². The number of rotatable bonds is 1. The van der Waals surface area contributed by atoms with Crippen LogP contribution in [0, 0.1) is 40.9 Å². The molecule has 4 fully saturated rings. The van der Waals surface area contributed by atoms with Crippen LogP contribution < -0.4 is 0 Å².